The van der Waals surface area contributed by atoms with Gasteiger partial charge in [0, 0.05) is 12.1 Å². The number of para-hydroxylation sites is 1. The van der Waals surface area contributed by atoms with Crippen LogP contribution in [0, 0.1) is 11.8 Å². The fourth-order valence-electron chi connectivity index (χ4n) is 2.49. The molecule has 2 rings (SSSR count). The Labute approximate surface area is 161 Å². The SMILES string of the molecule is COc1ccccc1C#Cc1cccc(CCCNC(=O)OC(C)(C)C)c1. The van der Waals surface area contributed by atoms with Gasteiger partial charge < -0.3 is 14.8 Å². The molecule has 142 valence electrons. The first-order chi connectivity index (χ1) is 12.9. The average Bonchev–Trinajstić information content (AvgIpc) is 2.63. The molecule has 0 saturated carbocycles. The van der Waals surface area contributed by atoms with E-state index < -0.39 is 5.60 Å². The highest BCUT2D eigenvalue weighted by Gasteiger charge is 2.15. The summed E-state index contributed by atoms with van der Waals surface area (Å²) in [7, 11) is 1.65. The van der Waals surface area contributed by atoms with Crippen LogP contribution in [0.5, 0.6) is 5.75 Å². The molecule has 0 aromatic heterocycles. The molecule has 27 heavy (non-hydrogen) atoms. The van der Waals surface area contributed by atoms with Gasteiger partial charge in [-0.25, -0.2) is 4.79 Å². The van der Waals surface area contributed by atoms with Gasteiger partial charge in [0.1, 0.15) is 11.4 Å². The van der Waals surface area contributed by atoms with Crippen molar-refractivity contribution >= 4 is 6.09 Å². The Bertz CT molecular complexity index is 825. The van der Waals surface area contributed by atoms with Crippen LogP contribution in [0.4, 0.5) is 4.79 Å². The smallest absolute Gasteiger partial charge is 0.407 e. The topological polar surface area (TPSA) is 47.6 Å². The summed E-state index contributed by atoms with van der Waals surface area (Å²) >= 11 is 0. The van der Waals surface area contributed by atoms with Crippen LogP contribution in [0.15, 0.2) is 48.5 Å². The van der Waals surface area contributed by atoms with Crippen LogP contribution >= 0.6 is 0 Å². The number of carbonyl (C=O) groups is 1. The highest BCUT2D eigenvalue weighted by atomic mass is 16.6. The van der Waals surface area contributed by atoms with E-state index in [4.69, 9.17) is 9.47 Å². The van der Waals surface area contributed by atoms with Crippen LogP contribution in [0.25, 0.3) is 0 Å². The molecule has 0 bridgehead atoms. The quantitative estimate of drug-likeness (QED) is 0.624. The minimum atomic E-state index is -0.474. The molecule has 0 spiro atoms. The summed E-state index contributed by atoms with van der Waals surface area (Å²) in [5.41, 5.74) is 2.54. The molecule has 1 amide bonds. The second-order valence-corrected chi connectivity index (χ2v) is 7.18. The molecule has 0 fully saturated rings. The number of nitrogens with one attached hydrogen (secondary N) is 1. The largest absolute Gasteiger partial charge is 0.495 e. The van der Waals surface area contributed by atoms with Crippen LogP contribution in [0.2, 0.25) is 0 Å². The predicted octanol–water partition coefficient (Wildman–Crippen LogP) is 4.55. The Morgan fingerprint density at radius 1 is 1.07 bits per heavy atom. The summed E-state index contributed by atoms with van der Waals surface area (Å²) in [6.45, 7) is 6.13. The minimum absolute atomic E-state index is 0.376. The van der Waals surface area contributed by atoms with Crippen molar-refractivity contribution in [3.8, 4) is 17.6 Å². The van der Waals surface area contributed by atoms with Gasteiger partial charge in [0.25, 0.3) is 0 Å². The van der Waals surface area contributed by atoms with E-state index in [9.17, 15) is 4.79 Å². The standard InChI is InChI=1S/C23H27NO3/c1-23(2,3)27-22(25)24-16-8-11-18-9-7-10-19(17-18)14-15-20-12-5-6-13-21(20)26-4/h5-7,9-10,12-13,17H,8,11,16H2,1-4H3,(H,24,25). The molecule has 1 N–H and O–H groups in total. The van der Waals surface area contributed by atoms with E-state index in [-0.39, 0.29) is 6.09 Å². The Kier molecular flexibility index (Phi) is 7.31. The Morgan fingerprint density at radius 3 is 2.59 bits per heavy atom. The number of ether oxygens (including phenoxy) is 2. The number of carbonyl (C=O) groups excluding carboxylic acids is 1. The summed E-state index contributed by atoms with van der Waals surface area (Å²) in [5, 5.41) is 2.78. The zero-order valence-electron chi connectivity index (χ0n) is 16.5. The summed E-state index contributed by atoms with van der Waals surface area (Å²) < 4.78 is 10.5. The molecular weight excluding hydrogens is 338 g/mol. The van der Waals surface area contributed by atoms with E-state index in [0.29, 0.717) is 6.54 Å². The molecule has 4 heteroatoms. The summed E-state index contributed by atoms with van der Waals surface area (Å²) in [5.74, 6) is 7.13. The lowest BCUT2D eigenvalue weighted by molar-refractivity contribution is 0.0527. The monoisotopic (exact) mass is 365 g/mol. The molecule has 0 radical (unpaired) electrons. The van der Waals surface area contributed by atoms with E-state index in [1.165, 1.54) is 5.56 Å². The second kappa shape index (κ2) is 9.68. The molecule has 0 heterocycles. The van der Waals surface area contributed by atoms with E-state index in [0.717, 1.165) is 29.7 Å². The van der Waals surface area contributed by atoms with Gasteiger partial charge in [-0.3, -0.25) is 0 Å². The third-order valence-electron chi connectivity index (χ3n) is 3.69. The Hall–Kier alpha value is -2.93. The molecule has 0 unspecified atom stereocenters. The molecule has 0 saturated heterocycles. The number of hydrogen-bond donors (Lipinski definition) is 1. The average molecular weight is 365 g/mol. The first kappa shape index (κ1) is 20.4. The first-order valence-corrected chi connectivity index (χ1v) is 9.08. The van der Waals surface area contributed by atoms with E-state index in [1.807, 2.05) is 57.2 Å². The van der Waals surface area contributed by atoms with Crippen molar-refractivity contribution in [2.45, 2.75) is 39.2 Å². The fourth-order valence-corrected chi connectivity index (χ4v) is 2.49. The van der Waals surface area contributed by atoms with Crippen LogP contribution < -0.4 is 10.1 Å². The summed E-state index contributed by atoms with van der Waals surface area (Å²) in [6, 6.07) is 15.9. The van der Waals surface area contributed by atoms with Crippen LogP contribution in [0.1, 0.15) is 43.9 Å². The van der Waals surface area contributed by atoms with Crippen molar-refractivity contribution in [1.29, 1.82) is 0 Å². The van der Waals surface area contributed by atoms with Gasteiger partial charge in [-0.05, 0) is 63.4 Å². The number of methoxy groups -OCH3 is 1. The van der Waals surface area contributed by atoms with Crippen molar-refractivity contribution in [3.63, 3.8) is 0 Å². The Morgan fingerprint density at radius 2 is 1.85 bits per heavy atom. The van der Waals surface area contributed by atoms with Gasteiger partial charge in [0.05, 0.1) is 12.7 Å². The predicted molar refractivity (Wildman–Crippen MR) is 108 cm³/mol. The van der Waals surface area contributed by atoms with Gasteiger partial charge in [-0.1, -0.05) is 36.1 Å². The van der Waals surface area contributed by atoms with Crippen molar-refractivity contribution < 1.29 is 14.3 Å². The number of hydrogen-bond acceptors (Lipinski definition) is 3. The van der Waals surface area contributed by atoms with Crippen molar-refractivity contribution in [2.24, 2.45) is 0 Å². The third-order valence-corrected chi connectivity index (χ3v) is 3.69. The normalized spacial score (nSPS) is 10.5. The molecule has 2 aromatic rings. The maximum atomic E-state index is 11.6. The maximum Gasteiger partial charge on any atom is 0.407 e. The van der Waals surface area contributed by atoms with Gasteiger partial charge >= 0.3 is 6.09 Å². The van der Waals surface area contributed by atoms with Gasteiger partial charge in [0.2, 0.25) is 0 Å². The zero-order valence-corrected chi connectivity index (χ0v) is 16.5. The molecular formula is C23H27NO3. The lowest BCUT2D eigenvalue weighted by Crippen LogP contribution is -2.33. The molecule has 4 nitrogen and oxygen atoms in total. The van der Waals surface area contributed by atoms with Crippen LogP contribution in [-0.2, 0) is 11.2 Å². The number of aryl methyl sites for hydroxylation is 1. The third kappa shape index (κ3) is 7.45. The summed E-state index contributed by atoms with van der Waals surface area (Å²) in [4.78, 5) is 11.6. The molecule has 0 aliphatic carbocycles. The van der Waals surface area contributed by atoms with Gasteiger partial charge in [-0.15, -0.1) is 0 Å². The molecule has 0 atom stereocenters. The number of rotatable bonds is 5. The number of benzene rings is 2. The highest BCUT2D eigenvalue weighted by Crippen LogP contribution is 2.16. The number of alkyl carbamates (subject to hydrolysis) is 1. The number of amides is 1. The Balaban J connectivity index is 1.89. The van der Waals surface area contributed by atoms with Crippen molar-refractivity contribution in [3.05, 3.63) is 65.2 Å². The summed E-state index contributed by atoms with van der Waals surface area (Å²) in [6.07, 6.45) is 1.32. The minimum Gasteiger partial charge on any atom is -0.495 e. The molecule has 0 aliphatic rings. The van der Waals surface area contributed by atoms with Gasteiger partial charge in [-0.2, -0.15) is 0 Å². The lowest BCUT2D eigenvalue weighted by atomic mass is 10.1. The highest BCUT2D eigenvalue weighted by molar-refractivity contribution is 5.67. The molecule has 0 aliphatic heterocycles. The van der Waals surface area contributed by atoms with E-state index in [1.54, 1.807) is 7.11 Å². The van der Waals surface area contributed by atoms with Gasteiger partial charge in [0.15, 0.2) is 0 Å². The fraction of sp³-hybridized carbons (Fsp3) is 0.348. The first-order valence-electron chi connectivity index (χ1n) is 9.08. The van der Waals surface area contributed by atoms with Crippen molar-refractivity contribution in [1.82, 2.24) is 5.32 Å². The molecule has 2 aromatic carbocycles. The van der Waals surface area contributed by atoms with Crippen LogP contribution in [-0.4, -0.2) is 25.3 Å². The lowest BCUT2D eigenvalue weighted by Gasteiger charge is -2.19. The van der Waals surface area contributed by atoms with Crippen LogP contribution in [0.3, 0.4) is 0 Å². The second-order valence-electron chi connectivity index (χ2n) is 7.18. The van der Waals surface area contributed by atoms with Crippen molar-refractivity contribution in [2.75, 3.05) is 13.7 Å². The maximum absolute atomic E-state index is 11.6. The van der Waals surface area contributed by atoms with E-state index >= 15 is 0 Å². The van der Waals surface area contributed by atoms with E-state index in [2.05, 4.69) is 29.3 Å². The zero-order chi connectivity index (χ0) is 19.7.